The molecule has 88 valence electrons. The van der Waals surface area contributed by atoms with Crippen LogP contribution in [0.4, 0.5) is 0 Å². The molecule has 0 saturated heterocycles. The summed E-state index contributed by atoms with van der Waals surface area (Å²) >= 11 is 0. The summed E-state index contributed by atoms with van der Waals surface area (Å²) in [5.74, 6) is 0.869. The average molecular weight is 228 g/mol. The number of benzene rings is 1. The van der Waals surface area contributed by atoms with Gasteiger partial charge in [-0.2, -0.15) is 0 Å². The fraction of sp³-hybridized carbons (Fsp3) is 0.429. The van der Waals surface area contributed by atoms with Gasteiger partial charge in [-0.3, -0.25) is 9.79 Å². The first-order chi connectivity index (χ1) is 8.05. The van der Waals surface area contributed by atoms with Gasteiger partial charge in [0.25, 0.3) is 5.91 Å². The first kappa shape index (κ1) is 10.5. The Morgan fingerprint density at radius 2 is 1.82 bits per heavy atom. The Labute approximate surface area is 101 Å². The second-order valence-electron chi connectivity index (χ2n) is 5.42. The summed E-state index contributed by atoms with van der Waals surface area (Å²) in [4.78, 5) is 16.4. The molecule has 0 unspecified atom stereocenters. The molecular formula is C14H16N2O. The minimum Gasteiger partial charge on any atom is -0.312 e. The van der Waals surface area contributed by atoms with Gasteiger partial charge in [0.2, 0.25) is 0 Å². The van der Waals surface area contributed by atoms with Crippen LogP contribution in [0.5, 0.6) is 0 Å². The number of rotatable bonds is 2. The zero-order valence-electron chi connectivity index (χ0n) is 10.2. The van der Waals surface area contributed by atoms with Gasteiger partial charge >= 0.3 is 0 Å². The van der Waals surface area contributed by atoms with E-state index < -0.39 is 5.54 Å². The maximum Gasteiger partial charge on any atom is 0.252 e. The van der Waals surface area contributed by atoms with Crippen molar-refractivity contribution in [1.29, 1.82) is 0 Å². The van der Waals surface area contributed by atoms with E-state index >= 15 is 0 Å². The molecule has 1 saturated carbocycles. The van der Waals surface area contributed by atoms with Gasteiger partial charge in [0.05, 0.1) is 5.41 Å². The van der Waals surface area contributed by atoms with Crippen molar-refractivity contribution < 1.29 is 4.79 Å². The van der Waals surface area contributed by atoms with Crippen molar-refractivity contribution in [3.63, 3.8) is 0 Å². The Bertz CT molecular complexity index is 498. The minimum atomic E-state index is -0.611. The lowest BCUT2D eigenvalue weighted by atomic mass is 9.95. The number of amides is 1. The molecule has 1 amide bonds. The standard InChI is InChI=1S/C14H16N2O/c1-13(2)12(17)15-11(16-13)14(8-9-14)10-6-4-3-5-7-10/h3-7H,8-9H2,1-2H3,(H,15,16,17). The highest BCUT2D eigenvalue weighted by Gasteiger charge is 2.53. The number of carbonyl (C=O) groups excluding carboxylic acids is 1. The highest BCUT2D eigenvalue weighted by molar-refractivity contribution is 6.13. The van der Waals surface area contributed by atoms with Crippen LogP contribution in [0.1, 0.15) is 32.3 Å². The largest absolute Gasteiger partial charge is 0.312 e. The molecule has 0 atom stereocenters. The van der Waals surface area contributed by atoms with Gasteiger partial charge in [0, 0.05) is 0 Å². The van der Waals surface area contributed by atoms with Gasteiger partial charge in [0.1, 0.15) is 11.4 Å². The third kappa shape index (κ3) is 1.49. The predicted molar refractivity (Wildman–Crippen MR) is 67.0 cm³/mol. The Morgan fingerprint density at radius 3 is 2.29 bits per heavy atom. The highest BCUT2D eigenvalue weighted by Crippen LogP contribution is 2.50. The molecule has 0 radical (unpaired) electrons. The van der Waals surface area contributed by atoms with Crippen molar-refractivity contribution in [3.05, 3.63) is 35.9 Å². The number of carbonyl (C=O) groups is 1. The SMILES string of the molecule is CC1(C)N=C(C2(c3ccccc3)CC2)NC1=O. The number of nitrogens with one attached hydrogen (secondary N) is 1. The molecule has 1 aromatic carbocycles. The maximum absolute atomic E-state index is 11.8. The minimum absolute atomic E-state index is 0.00899. The van der Waals surface area contributed by atoms with Gasteiger partial charge in [0.15, 0.2) is 0 Å². The second kappa shape index (κ2) is 3.19. The summed E-state index contributed by atoms with van der Waals surface area (Å²) in [6, 6.07) is 10.3. The van der Waals surface area contributed by atoms with Crippen molar-refractivity contribution >= 4 is 11.7 Å². The first-order valence-corrected chi connectivity index (χ1v) is 6.02. The molecule has 0 bridgehead atoms. The topological polar surface area (TPSA) is 41.5 Å². The van der Waals surface area contributed by atoms with Gasteiger partial charge in [-0.1, -0.05) is 30.3 Å². The number of hydrogen-bond donors (Lipinski definition) is 1. The molecule has 2 aliphatic rings. The molecule has 0 spiro atoms. The van der Waals surface area contributed by atoms with Gasteiger partial charge in [-0.25, -0.2) is 0 Å². The zero-order valence-corrected chi connectivity index (χ0v) is 10.2. The maximum atomic E-state index is 11.8. The van der Waals surface area contributed by atoms with Crippen LogP contribution in [-0.4, -0.2) is 17.3 Å². The van der Waals surface area contributed by atoms with E-state index in [0.29, 0.717) is 0 Å². The summed E-state index contributed by atoms with van der Waals surface area (Å²) in [5, 5.41) is 2.96. The second-order valence-corrected chi connectivity index (χ2v) is 5.42. The average Bonchev–Trinajstić information content (AvgIpc) is 3.05. The van der Waals surface area contributed by atoms with Crippen molar-refractivity contribution in [2.75, 3.05) is 0 Å². The molecule has 3 heteroatoms. The van der Waals surface area contributed by atoms with Crippen molar-refractivity contribution in [2.24, 2.45) is 4.99 Å². The Morgan fingerprint density at radius 1 is 1.18 bits per heavy atom. The van der Waals surface area contributed by atoms with E-state index in [1.54, 1.807) is 0 Å². The first-order valence-electron chi connectivity index (χ1n) is 6.02. The van der Waals surface area contributed by atoms with Crippen LogP contribution in [-0.2, 0) is 10.2 Å². The van der Waals surface area contributed by atoms with Crippen LogP contribution in [0.15, 0.2) is 35.3 Å². The lowest BCUT2D eigenvalue weighted by Gasteiger charge is -2.15. The smallest absolute Gasteiger partial charge is 0.252 e. The highest BCUT2D eigenvalue weighted by atomic mass is 16.2. The summed E-state index contributed by atoms with van der Waals surface area (Å²) in [5.41, 5.74) is 0.626. The van der Waals surface area contributed by atoms with Crippen molar-refractivity contribution in [1.82, 2.24) is 5.32 Å². The number of amidine groups is 1. The quantitative estimate of drug-likeness (QED) is 0.826. The van der Waals surface area contributed by atoms with Gasteiger partial charge in [-0.05, 0) is 32.3 Å². The van der Waals surface area contributed by atoms with Crippen LogP contribution in [0, 0.1) is 0 Å². The third-order valence-corrected chi connectivity index (χ3v) is 3.71. The van der Waals surface area contributed by atoms with E-state index in [-0.39, 0.29) is 11.3 Å². The van der Waals surface area contributed by atoms with Crippen LogP contribution in [0.25, 0.3) is 0 Å². The molecule has 1 N–H and O–H groups in total. The number of aliphatic imine (C=N–C) groups is 1. The molecule has 1 aliphatic carbocycles. The number of hydrogen-bond acceptors (Lipinski definition) is 2. The Balaban J connectivity index is 1.99. The molecule has 0 aromatic heterocycles. The van der Waals surface area contributed by atoms with Crippen LogP contribution < -0.4 is 5.32 Å². The van der Waals surface area contributed by atoms with Crippen molar-refractivity contribution in [3.8, 4) is 0 Å². The fourth-order valence-electron chi connectivity index (χ4n) is 2.39. The molecule has 1 aliphatic heterocycles. The summed E-state index contributed by atoms with van der Waals surface area (Å²) in [6.45, 7) is 3.72. The van der Waals surface area contributed by atoms with E-state index in [1.165, 1.54) is 5.56 Å². The zero-order chi connectivity index (χ0) is 12.1. The lowest BCUT2D eigenvalue weighted by molar-refractivity contribution is -0.122. The fourth-order valence-corrected chi connectivity index (χ4v) is 2.39. The van der Waals surface area contributed by atoms with Gasteiger partial charge in [-0.15, -0.1) is 0 Å². The van der Waals surface area contributed by atoms with E-state index in [0.717, 1.165) is 18.7 Å². The molecule has 3 nitrogen and oxygen atoms in total. The van der Waals surface area contributed by atoms with Gasteiger partial charge < -0.3 is 5.32 Å². The van der Waals surface area contributed by atoms with Crippen molar-refractivity contribution in [2.45, 2.75) is 37.6 Å². The summed E-state index contributed by atoms with van der Waals surface area (Å²) < 4.78 is 0. The van der Waals surface area contributed by atoms with Crippen LogP contribution in [0.2, 0.25) is 0 Å². The molecule has 1 fully saturated rings. The third-order valence-electron chi connectivity index (χ3n) is 3.71. The Kier molecular flexibility index (Phi) is 1.97. The van der Waals surface area contributed by atoms with E-state index in [2.05, 4.69) is 22.4 Å². The van der Waals surface area contributed by atoms with E-state index in [1.807, 2.05) is 32.0 Å². The normalized spacial score (nSPS) is 24.1. The van der Waals surface area contributed by atoms with Crippen LogP contribution >= 0.6 is 0 Å². The van der Waals surface area contributed by atoms with E-state index in [9.17, 15) is 4.79 Å². The summed E-state index contributed by atoms with van der Waals surface area (Å²) in [6.07, 6.45) is 2.15. The van der Waals surface area contributed by atoms with E-state index in [4.69, 9.17) is 0 Å². The summed E-state index contributed by atoms with van der Waals surface area (Å²) in [7, 11) is 0. The number of nitrogens with zero attached hydrogens (tertiary/aromatic N) is 1. The molecular weight excluding hydrogens is 212 g/mol. The molecule has 1 heterocycles. The molecule has 3 rings (SSSR count). The van der Waals surface area contributed by atoms with Crippen LogP contribution in [0.3, 0.4) is 0 Å². The Hall–Kier alpha value is -1.64. The molecule has 17 heavy (non-hydrogen) atoms. The molecule has 1 aromatic rings. The lowest BCUT2D eigenvalue weighted by Crippen LogP contribution is -2.38. The monoisotopic (exact) mass is 228 g/mol. The predicted octanol–water partition coefficient (Wildman–Crippen LogP) is 2.03.